The van der Waals surface area contributed by atoms with Gasteiger partial charge in [0, 0.05) is 38.1 Å². The molecule has 0 saturated heterocycles. The van der Waals surface area contributed by atoms with Gasteiger partial charge < -0.3 is 9.88 Å². The average molecular weight is 442 g/mol. The van der Waals surface area contributed by atoms with Gasteiger partial charge in [-0.2, -0.15) is 5.26 Å². The number of aromatic nitrogens is 1. The number of H-pyrrole nitrogens is 1. The molecule has 0 atom stereocenters. The van der Waals surface area contributed by atoms with Crippen LogP contribution in [0.15, 0.2) is 113 Å². The Kier molecular flexibility index (Phi) is 4.75. The molecule has 1 aliphatic rings. The number of fused-ring (bicyclic) bond motifs is 3. The lowest BCUT2D eigenvalue weighted by Gasteiger charge is -2.32. The lowest BCUT2D eigenvalue weighted by atomic mass is 10.0. The second-order valence-electron chi connectivity index (χ2n) is 7.88. The molecule has 1 N–H and O–H groups in total. The molecule has 0 saturated carbocycles. The highest BCUT2D eigenvalue weighted by Crippen LogP contribution is 2.51. The lowest BCUT2D eigenvalue weighted by Crippen LogP contribution is -2.14. The summed E-state index contributed by atoms with van der Waals surface area (Å²) < 4.78 is 0. The molecule has 0 amide bonds. The number of nitrogens with zero attached hydrogens (tertiary/aromatic N) is 2. The molecule has 0 aliphatic carbocycles. The van der Waals surface area contributed by atoms with Crippen LogP contribution in [-0.4, -0.2) is 4.98 Å². The standard InChI is InChI=1S/C29H19N3S/c30-18-21(24-19-31-25-8-2-1-7-23(24)25)17-20-13-15-22(16-14-20)32-26-9-3-5-11-28(26)33-29-12-6-4-10-27(29)32/h1-17,19,31H. The van der Waals surface area contributed by atoms with Crippen LogP contribution < -0.4 is 4.90 Å². The normalized spacial score (nSPS) is 12.8. The molecular weight excluding hydrogens is 422 g/mol. The van der Waals surface area contributed by atoms with Crippen molar-refractivity contribution in [2.75, 3.05) is 4.90 Å². The minimum atomic E-state index is 0.644. The van der Waals surface area contributed by atoms with E-state index in [2.05, 4.69) is 88.7 Å². The number of para-hydroxylation sites is 3. The molecule has 4 heteroatoms. The Morgan fingerprint density at radius 3 is 2.12 bits per heavy atom. The first-order valence-corrected chi connectivity index (χ1v) is 11.6. The van der Waals surface area contributed by atoms with Crippen molar-refractivity contribution in [3.05, 3.63) is 114 Å². The summed E-state index contributed by atoms with van der Waals surface area (Å²) in [5, 5.41) is 10.9. The summed E-state index contributed by atoms with van der Waals surface area (Å²) >= 11 is 1.80. The maximum absolute atomic E-state index is 9.85. The molecule has 0 bridgehead atoms. The summed E-state index contributed by atoms with van der Waals surface area (Å²) in [7, 11) is 0. The zero-order valence-electron chi connectivity index (χ0n) is 17.7. The molecule has 1 aliphatic heterocycles. The van der Waals surface area contributed by atoms with E-state index < -0.39 is 0 Å². The zero-order chi connectivity index (χ0) is 22.2. The van der Waals surface area contributed by atoms with Crippen molar-refractivity contribution in [1.29, 1.82) is 5.26 Å². The first kappa shape index (κ1) is 19.5. The van der Waals surface area contributed by atoms with Gasteiger partial charge in [-0.3, -0.25) is 0 Å². The van der Waals surface area contributed by atoms with E-state index in [9.17, 15) is 5.26 Å². The molecule has 33 heavy (non-hydrogen) atoms. The Bertz CT molecular complexity index is 1510. The second kappa shape index (κ2) is 8.05. The topological polar surface area (TPSA) is 42.8 Å². The van der Waals surface area contributed by atoms with Crippen molar-refractivity contribution in [2.45, 2.75) is 9.79 Å². The third-order valence-electron chi connectivity index (χ3n) is 5.89. The molecule has 0 unspecified atom stereocenters. The number of allylic oxidation sites excluding steroid dienone is 1. The predicted octanol–water partition coefficient (Wildman–Crippen LogP) is 8.17. The predicted molar refractivity (Wildman–Crippen MR) is 137 cm³/mol. The van der Waals surface area contributed by atoms with Gasteiger partial charge in [0.2, 0.25) is 0 Å². The van der Waals surface area contributed by atoms with Crippen LogP contribution >= 0.6 is 11.8 Å². The van der Waals surface area contributed by atoms with Crippen LogP contribution in [0.3, 0.4) is 0 Å². The van der Waals surface area contributed by atoms with E-state index in [1.54, 1.807) is 11.8 Å². The quantitative estimate of drug-likeness (QED) is 0.282. The van der Waals surface area contributed by atoms with E-state index in [0.29, 0.717) is 5.57 Å². The molecule has 4 aromatic carbocycles. The van der Waals surface area contributed by atoms with Crippen LogP contribution in [0.2, 0.25) is 0 Å². The summed E-state index contributed by atoms with van der Waals surface area (Å²) in [6.45, 7) is 0. The van der Waals surface area contributed by atoms with E-state index in [1.165, 1.54) is 21.2 Å². The van der Waals surface area contributed by atoms with E-state index in [4.69, 9.17) is 0 Å². The molecule has 3 nitrogen and oxygen atoms in total. The number of benzene rings is 4. The Hall–Kier alpha value is -4.20. The fraction of sp³-hybridized carbons (Fsp3) is 0. The number of aromatic amines is 1. The van der Waals surface area contributed by atoms with Crippen LogP contribution in [0.5, 0.6) is 0 Å². The van der Waals surface area contributed by atoms with Crippen molar-refractivity contribution in [3.63, 3.8) is 0 Å². The van der Waals surface area contributed by atoms with Crippen molar-refractivity contribution in [3.8, 4) is 6.07 Å². The third-order valence-corrected chi connectivity index (χ3v) is 7.02. The zero-order valence-corrected chi connectivity index (χ0v) is 18.5. The number of nitriles is 1. The Morgan fingerprint density at radius 2 is 1.42 bits per heavy atom. The van der Waals surface area contributed by atoms with Gasteiger partial charge in [0.1, 0.15) is 0 Å². The summed E-state index contributed by atoms with van der Waals surface area (Å²) in [5.74, 6) is 0. The fourth-order valence-corrected chi connectivity index (χ4v) is 5.39. The largest absolute Gasteiger partial charge is 0.361 e. The van der Waals surface area contributed by atoms with Gasteiger partial charge in [-0.15, -0.1) is 0 Å². The van der Waals surface area contributed by atoms with Gasteiger partial charge >= 0.3 is 0 Å². The highest BCUT2D eigenvalue weighted by atomic mass is 32.2. The summed E-state index contributed by atoms with van der Waals surface area (Å²) in [5.41, 5.74) is 7.05. The first-order valence-electron chi connectivity index (χ1n) is 10.8. The minimum absolute atomic E-state index is 0.644. The van der Waals surface area contributed by atoms with Gasteiger partial charge in [0.15, 0.2) is 0 Å². The van der Waals surface area contributed by atoms with Gasteiger partial charge in [-0.05, 0) is 54.1 Å². The molecule has 0 fully saturated rings. The molecule has 5 aromatic rings. The smallest absolute Gasteiger partial charge is 0.0998 e. The highest BCUT2D eigenvalue weighted by Gasteiger charge is 2.24. The Morgan fingerprint density at radius 1 is 0.788 bits per heavy atom. The van der Waals surface area contributed by atoms with E-state index in [1.807, 2.05) is 36.5 Å². The molecule has 156 valence electrons. The van der Waals surface area contributed by atoms with Crippen LogP contribution in [0, 0.1) is 11.3 Å². The van der Waals surface area contributed by atoms with Crippen molar-refractivity contribution in [2.24, 2.45) is 0 Å². The van der Waals surface area contributed by atoms with Crippen LogP contribution in [0.1, 0.15) is 11.1 Å². The molecule has 0 radical (unpaired) electrons. The molecule has 0 spiro atoms. The van der Waals surface area contributed by atoms with Crippen molar-refractivity contribution in [1.82, 2.24) is 4.98 Å². The Balaban J connectivity index is 1.40. The molecule has 2 heterocycles. The highest BCUT2D eigenvalue weighted by molar-refractivity contribution is 7.99. The van der Waals surface area contributed by atoms with E-state index in [-0.39, 0.29) is 0 Å². The van der Waals surface area contributed by atoms with E-state index in [0.717, 1.165) is 27.7 Å². The van der Waals surface area contributed by atoms with Crippen LogP contribution in [0.4, 0.5) is 17.1 Å². The number of rotatable bonds is 3. The summed E-state index contributed by atoms with van der Waals surface area (Å²) in [6, 6.07) is 35.8. The maximum Gasteiger partial charge on any atom is 0.0998 e. The van der Waals surface area contributed by atoms with Crippen molar-refractivity contribution >= 4 is 51.4 Å². The number of nitrogens with one attached hydrogen (secondary N) is 1. The third kappa shape index (κ3) is 3.40. The minimum Gasteiger partial charge on any atom is -0.361 e. The fourth-order valence-electron chi connectivity index (χ4n) is 4.33. The van der Waals surface area contributed by atoms with Gasteiger partial charge in [-0.1, -0.05) is 66.4 Å². The molecule has 6 rings (SSSR count). The number of hydrogen-bond acceptors (Lipinski definition) is 3. The average Bonchev–Trinajstić information content (AvgIpc) is 3.30. The van der Waals surface area contributed by atoms with Gasteiger partial charge in [-0.25, -0.2) is 0 Å². The number of hydrogen-bond donors (Lipinski definition) is 1. The maximum atomic E-state index is 9.85. The summed E-state index contributed by atoms with van der Waals surface area (Å²) in [4.78, 5) is 8.05. The molecular formula is C29H19N3S. The Labute approximate surface area is 196 Å². The number of anilines is 3. The van der Waals surface area contributed by atoms with Crippen molar-refractivity contribution < 1.29 is 0 Å². The van der Waals surface area contributed by atoms with Crippen LogP contribution in [-0.2, 0) is 0 Å². The van der Waals surface area contributed by atoms with Gasteiger partial charge in [0.05, 0.1) is 23.0 Å². The van der Waals surface area contributed by atoms with Gasteiger partial charge in [0.25, 0.3) is 0 Å². The van der Waals surface area contributed by atoms with E-state index >= 15 is 0 Å². The monoisotopic (exact) mass is 441 g/mol. The molecule has 1 aromatic heterocycles. The second-order valence-corrected chi connectivity index (χ2v) is 8.97. The summed E-state index contributed by atoms with van der Waals surface area (Å²) in [6.07, 6.45) is 3.86. The SMILES string of the molecule is N#CC(=Cc1ccc(N2c3ccccc3Sc3ccccc32)cc1)c1c[nH]c2ccccc12. The van der Waals surface area contributed by atoms with Crippen LogP contribution in [0.25, 0.3) is 22.6 Å². The first-order chi connectivity index (χ1) is 16.3. The lowest BCUT2D eigenvalue weighted by molar-refractivity contribution is 1.17.